The van der Waals surface area contributed by atoms with Gasteiger partial charge in [-0.1, -0.05) is 12.1 Å². The highest BCUT2D eigenvalue weighted by molar-refractivity contribution is 6.05. The first-order valence-corrected chi connectivity index (χ1v) is 9.82. The highest BCUT2D eigenvalue weighted by atomic mass is 19.3. The number of hydrogen-bond donors (Lipinski definition) is 2. The number of hydrogen-bond acceptors (Lipinski definition) is 5. The number of nitrogens with zero attached hydrogens (tertiary/aromatic N) is 2. The van der Waals surface area contributed by atoms with E-state index in [0.29, 0.717) is 18.5 Å². The molecule has 1 aromatic rings. The fourth-order valence-corrected chi connectivity index (χ4v) is 4.46. The van der Waals surface area contributed by atoms with E-state index >= 15 is 0 Å². The molecule has 1 aromatic carbocycles. The van der Waals surface area contributed by atoms with E-state index in [0.717, 1.165) is 11.1 Å². The van der Waals surface area contributed by atoms with Gasteiger partial charge in [-0.3, -0.25) is 24.6 Å². The van der Waals surface area contributed by atoms with E-state index in [1.54, 1.807) is 24.1 Å². The number of nitrogens with one attached hydrogen (secondary N) is 2. The van der Waals surface area contributed by atoms with Crippen LogP contribution in [0.2, 0.25) is 0 Å². The van der Waals surface area contributed by atoms with Crippen molar-refractivity contribution in [2.45, 2.75) is 50.4 Å². The standard InChI is InChI=1S/C20H24F2N4O3/c1-25(16-9-23-8-7-20(16,21)22)10-12-3-2-4-13-14(12)11-26(19(13)29)15-5-6-17(27)24-18(15)28/h2-4,15-16,23H,5-11H2,1H3,(H,24,27,28). The van der Waals surface area contributed by atoms with Crippen LogP contribution in [-0.4, -0.2) is 65.7 Å². The van der Waals surface area contributed by atoms with Gasteiger partial charge < -0.3 is 10.2 Å². The van der Waals surface area contributed by atoms with Crippen LogP contribution in [0, 0.1) is 0 Å². The molecule has 9 heteroatoms. The summed E-state index contributed by atoms with van der Waals surface area (Å²) in [6, 6.07) is 3.67. The molecule has 3 heterocycles. The van der Waals surface area contributed by atoms with Crippen LogP contribution in [0.5, 0.6) is 0 Å². The van der Waals surface area contributed by atoms with Gasteiger partial charge in [0.2, 0.25) is 11.8 Å². The highest BCUT2D eigenvalue weighted by Crippen LogP contribution is 2.33. The first-order chi connectivity index (χ1) is 13.8. The van der Waals surface area contributed by atoms with E-state index in [1.165, 1.54) is 4.90 Å². The molecule has 0 bridgehead atoms. The average molecular weight is 406 g/mol. The van der Waals surface area contributed by atoms with Crippen LogP contribution < -0.4 is 10.6 Å². The van der Waals surface area contributed by atoms with E-state index in [4.69, 9.17) is 0 Å². The van der Waals surface area contributed by atoms with Crippen LogP contribution in [-0.2, 0) is 22.7 Å². The van der Waals surface area contributed by atoms with Crippen LogP contribution >= 0.6 is 0 Å². The lowest BCUT2D eigenvalue weighted by molar-refractivity contribution is -0.136. The summed E-state index contributed by atoms with van der Waals surface area (Å²) in [7, 11) is 1.67. The van der Waals surface area contributed by atoms with Crippen LogP contribution in [0.4, 0.5) is 8.78 Å². The number of fused-ring (bicyclic) bond motifs is 1. The van der Waals surface area contributed by atoms with Crippen LogP contribution in [0.3, 0.4) is 0 Å². The summed E-state index contributed by atoms with van der Waals surface area (Å²) < 4.78 is 28.6. The third-order valence-electron chi connectivity index (χ3n) is 6.09. The van der Waals surface area contributed by atoms with Gasteiger partial charge in [-0.25, -0.2) is 8.78 Å². The largest absolute Gasteiger partial charge is 0.322 e. The molecule has 2 unspecified atom stereocenters. The van der Waals surface area contributed by atoms with Crippen molar-refractivity contribution in [3.05, 3.63) is 34.9 Å². The predicted octanol–water partition coefficient (Wildman–Crippen LogP) is 0.877. The number of alkyl halides is 2. The Kier molecular flexibility index (Phi) is 5.12. The van der Waals surface area contributed by atoms with Gasteiger partial charge in [0.05, 0.1) is 6.04 Å². The summed E-state index contributed by atoms with van der Waals surface area (Å²) >= 11 is 0. The van der Waals surface area contributed by atoms with Crippen molar-refractivity contribution in [1.82, 2.24) is 20.4 Å². The summed E-state index contributed by atoms with van der Waals surface area (Å²) in [5.41, 5.74) is 2.06. The molecule has 3 aliphatic rings. The quantitative estimate of drug-likeness (QED) is 0.726. The molecule has 0 radical (unpaired) electrons. The molecule has 0 spiro atoms. The van der Waals surface area contributed by atoms with Gasteiger partial charge in [-0.2, -0.15) is 0 Å². The molecule has 7 nitrogen and oxygen atoms in total. The van der Waals surface area contributed by atoms with Gasteiger partial charge in [0, 0.05) is 44.6 Å². The zero-order chi connectivity index (χ0) is 20.8. The Hall–Kier alpha value is -2.39. The third kappa shape index (κ3) is 3.64. The number of piperidine rings is 2. The molecule has 29 heavy (non-hydrogen) atoms. The maximum atomic E-state index is 14.3. The summed E-state index contributed by atoms with van der Waals surface area (Å²) in [6.07, 6.45) is 0.284. The van der Waals surface area contributed by atoms with Gasteiger partial charge in [-0.15, -0.1) is 0 Å². The molecule has 4 rings (SSSR count). The molecule has 0 aliphatic carbocycles. The first kappa shape index (κ1) is 19.9. The van der Waals surface area contributed by atoms with E-state index in [-0.39, 0.29) is 44.3 Å². The second-order valence-corrected chi connectivity index (χ2v) is 7.99. The number of carbonyl (C=O) groups is 3. The Labute approximate surface area is 167 Å². The number of amides is 3. The molecule has 0 aromatic heterocycles. The number of carbonyl (C=O) groups excluding carboxylic acids is 3. The SMILES string of the molecule is CN(Cc1cccc2c1CN(C1CCC(=O)NC1=O)C2=O)C1CNCCC1(F)F. The molecule has 156 valence electrons. The Morgan fingerprint density at radius 2 is 2.07 bits per heavy atom. The maximum absolute atomic E-state index is 14.3. The molecule has 2 saturated heterocycles. The van der Waals surface area contributed by atoms with Gasteiger partial charge in [0.25, 0.3) is 11.8 Å². The van der Waals surface area contributed by atoms with Crippen molar-refractivity contribution in [3.8, 4) is 0 Å². The van der Waals surface area contributed by atoms with Gasteiger partial charge in [0.15, 0.2) is 0 Å². The molecule has 3 aliphatic heterocycles. The fraction of sp³-hybridized carbons (Fsp3) is 0.550. The molecule has 2 N–H and O–H groups in total. The van der Waals surface area contributed by atoms with Crippen LogP contribution in [0.25, 0.3) is 0 Å². The van der Waals surface area contributed by atoms with Crippen molar-refractivity contribution < 1.29 is 23.2 Å². The monoisotopic (exact) mass is 406 g/mol. The molecular weight excluding hydrogens is 382 g/mol. The van der Waals surface area contributed by atoms with E-state index in [9.17, 15) is 23.2 Å². The van der Waals surface area contributed by atoms with Crippen molar-refractivity contribution in [2.24, 2.45) is 0 Å². The van der Waals surface area contributed by atoms with E-state index in [1.807, 2.05) is 6.07 Å². The maximum Gasteiger partial charge on any atom is 0.265 e. The average Bonchev–Trinajstić information content (AvgIpc) is 2.99. The molecule has 2 atom stereocenters. The second-order valence-electron chi connectivity index (χ2n) is 7.99. The van der Waals surface area contributed by atoms with E-state index in [2.05, 4.69) is 10.6 Å². The van der Waals surface area contributed by atoms with Crippen LogP contribution in [0.1, 0.15) is 40.7 Å². The van der Waals surface area contributed by atoms with E-state index < -0.39 is 23.9 Å². The Balaban J connectivity index is 1.54. The van der Waals surface area contributed by atoms with Crippen molar-refractivity contribution in [2.75, 3.05) is 20.1 Å². The number of likely N-dealkylation sites (N-methyl/N-ethyl adjacent to an activating group) is 1. The normalized spacial score (nSPS) is 26.6. The lowest BCUT2D eigenvalue weighted by Crippen LogP contribution is -2.56. The topological polar surface area (TPSA) is 81.8 Å². The Morgan fingerprint density at radius 1 is 1.28 bits per heavy atom. The van der Waals surface area contributed by atoms with Crippen molar-refractivity contribution in [3.63, 3.8) is 0 Å². The molecule has 2 fully saturated rings. The second kappa shape index (κ2) is 7.46. The number of halogens is 2. The molecular formula is C20H24F2N4O3. The smallest absolute Gasteiger partial charge is 0.265 e. The van der Waals surface area contributed by atoms with Crippen molar-refractivity contribution >= 4 is 17.7 Å². The Morgan fingerprint density at radius 3 is 2.79 bits per heavy atom. The van der Waals surface area contributed by atoms with Crippen LogP contribution in [0.15, 0.2) is 18.2 Å². The minimum atomic E-state index is -2.77. The van der Waals surface area contributed by atoms with Crippen molar-refractivity contribution in [1.29, 1.82) is 0 Å². The lowest BCUT2D eigenvalue weighted by atomic mass is 9.99. The van der Waals surface area contributed by atoms with Gasteiger partial charge in [0.1, 0.15) is 6.04 Å². The fourth-order valence-electron chi connectivity index (χ4n) is 4.46. The zero-order valence-electron chi connectivity index (χ0n) is 16.2. The van der Waals surface area contributed by atoms with Gasteiger partial charge >= 0.3 is 0 Å². The first-order valence-electron chi connectivity index (χ1n) is 9.82. The highest BCUT2D eigenvalue weighted by Gasteiger charge is 2.44. The Bertz CT molecular complexity index is 860. The summed E-state index contributed by atoms with van der Waals surface area (Å²) in [5.74, 6) is -3.83. The summed E-state index contributed by atoms with van der Waals surface area (Å²) in [4.78, 5) is 39.6. The summed E-state index contributed by atoms with van der Waals surface area (Å²) in [5, 5.41) is 5.30. The minimum absolute atomic E-state index is 0.190. The molecule has 0 saturated carbocycles. The predicted molar refractivity (Wildman–Crippen MR) is 100 cm³/mol. The minimum Gasteiger partial charge on any atom is -0.322 e. The summed E-state index contributed by atoms with van der Waals surface area (Å²) in [6.45, 7) is 1.03. The lowest BCUT2D eigenvalue weighted by Gasteiger charge is -2.38. The zero-order valence-corrected chi connectivity index (χ0v) is 16.2. The number of imide groups is 1. The molecule has 3 amide bonds. The number of rotatable bonds is 4. The number of benzene rings is 1. The van der Waals surface area contributed by atoms with Gasteiger partial charge in [-0.05, 0) is 30.7 Å². The third-order valence-corrected chi connectivity index (χ3v) is 6.09.